The summed E-state index contributed by atoms with van der Waals surface area (Å²) in [7, 11) is 0. The number of hydrogen-bond donors (Lipinski definition) is 1. The van der Waals surface area contributed by atoms with Crippen LogP contribution < -0.4 is 5.32 Å². The van der Waals surface area contributed by atoms with Gasteiger partial charge in [0.25, 0.3) is 0 Å². The molecule has 0 bridgehead atoms. The molecule has 1 aliphatic heterocycles. The first-order valence-corrected chi connectivity index (χ1v) is 9.96. The van der Waals surface area contributed by atoms with E-state index >= 15 is 0 Å². The zero-order valence-electron chi connectivity index (χ0n) is 16.6. The zero-order chi connectivity index (χ0) is 20.4. The van der Waals surface area contributed by atoms with E-state index in [1.165, 1.54) is 0 Å². The van der Waals surface area contributed by atoms with E-state index in [4.69, 9.17) is 4.74 Å². The van der Waals surface area contributed by atoms with Crippen LogP contribution in [0.2, 0.25) is 0 Å². The minimum absolute atomic E-state index is 0.0729. The molecule has 1 N–H and O–H groups in total. The highest BCUT2D eigenvalue weighted by Crippen LogP contribution is 2.45. The lowest BCUT2D eigenvalue weighted by Crippen LogP contribution is -2.36. The van der Waals surface area contributed by atoms with Crippen LogP contribution in [0, 0.1) is 0 Å². The number of nitrogens with zero attached hydrogens (tertiary/aromatic N) is 1. The van der Waals surface area contributed by atoms with Gasteiger partial charge in [0.05, 0.1) is 12.2 Å². The molecular weight excluding hydrogens is 364 g/mol. The summed E-state index contributed by atoms with van der Waals surface area (Å²) in [6.07, 6.45) is 4.55. The molecule has 2 atom stereocenters. The van der Waals surface area contributed by atoms with E-state index in [0.717, 1.165) is 28.9 Å². The monoisotopic (exact) mass is 388 g/mol. The number of pyridine rings is 1. The van der Waals surface area contributed by atoms with Gasteiger partial charge in [-0.2, -0.15) is 0 Å². The Kier molecular flexibility index (Phi) is 5.30. The van der Waals surface area contributed by atoms with Crippen molar-refractivity contribution in [2.75, 3.05) is 6.61 Å². The van der Waals surface area contributed by atoms with Gasteiger partial charge in [0.15, 0.2) is 5.78 Å². The SMILES string of the molecule is CCOC(=O)C1=C(C)NC2=C(C(=O)CC(c3ccccc3)C2)C1c1ccncc1. The zero-order valence-corrected chi connectivity index (χ0v) is 16.6. The van der Waals surface area contributed by atoms with E-state index in [-0.39, 0.29) is 24.3 Å². The molecule has 29 heavy (non-hydrogen) atoms. The number of dihydropyridines is 1. The van der Waals surface area contributed by atoms with Gasteiger partial charge in [-0.3, -0.25) is 9.78 Å². The maximum absolute atomic E-state index is 13.3. The normalized spacial score (nSPS) is 21.5. The quantitative estimate of drug-likeness (QED) is 0.802. The summed E-state index contributed by atoms with van der Waals surface area (Å²) in [6, 6.07) is 13.9. The molecule has 0 radical (unpaired) electrons. The minimum Gasteiger partial charge on any atom is -0.463 e. The molecule has 1 aliphatic carbocycles. The van der Waals surface area contributed by atoms with Crippen molar-refractivity contribution in [2.24, 2.45) is 0 Å². The van der Waals surface area contributed by atoms with Crippen LogP contribution in [-0.4, -0.2) is 23.3 Å². The average molecular weight is 388 g/mol. The predicted octanol–water partition coefficient (Wildman–Crippen LogP) is 4.01. The van der Waals surface area contributed by atoms with Crippen molar-refractivity contribution in [1.82, 2.24) is 10.3 Å². The number of aromatic nitrogens is 1. The van der Waals surface area contributed by atoms with Crippen LogP contribution in [0.15, 0.2) is 77.4 Å². The second-order valence-corrected chi connectivity index (χ2v) is 7.43. The number of carbonyl (C=O) groups is 2. The highest BCUT2D eigenvalue weighted by molar-refractivity contribution is 6.04. The molecule has 1 aromatic carbocycles. The van der Waals surface area contributed by atoms with Gasteiger partial charge in [0, 0.05) is 41.7 Å². The molecule has 4 rings (SSSR count). The van der Waals surface area contributed by atoms with Crippen molar-refractivity contribution in [3.63, 3.8) is 0 Å². The summed E-state index contributed by atoms with van der Waals surface area (Å²) in [5.41, 5.74) is 4.86. The number of ether oxygens (including phenoxy) is 1. The van der Waals surface area contributed by atoms with Crippen molar-refractivity contribution in [3.8, 4) is 0 Å². The fraction of sp³-hybridized carbons (Fsp3) is 0.292. The molecule has 2 heterocycles. The van der Waals surface area contributed by atoms with Gasteiger partial charge < -0.3 is 10.1 Å². The lowest BCUT2D eigenvalue weighted by Gasteiger charge is -2.36. The average Bonchev–Trinajstić information content (AvgIpc) is 2.74. The van der Waals surface area contributed by atoms with Crippen molar-refractivity contribution in [2.45, 2.75) is 38.5 Å². The first-order chi connectivity index (χ1) is 14.1. The van der Waals surface area contributed by atoms with Crippen molar-refractivity contribution in [3.05, 3.63) is 88.5 Å². The van der Waals surface area contributed by atoms with Crippen LogP contribution in [0.25, 0.3) is 0 Å². The molecule has 148 valence electrons. The van der Waals surface area contributed by atoms with Crippen molar-refractivity contribution >= 4 is 11.8 Å². The summed E-state index contributed by atoms with van der Waals surface area (Å²) in [5.74, 6) is -0.616. The molecule has 5 nitrogen and oxygen atoms in total. The Labute approximate surface area is 170 Å². The fourth-order valence-corrected chi connectivity index (χ4v) is 4.37. The molecule has 1 aromatic heterocycles. The number of benzene rings is 1. The van der Waals surface area contributed by atoms with Crippen LogP contribution in [0.1, 0.15) is 49.7 Å². The van der Waals surface area contributed by atoms with E-state index in [9.17, 15) is 9.59 Å². The molecule has 5 heteroatoms. The standard InChI is InChI=1S/C24H24N2O3/c1-3-29-24(28)21-15(2)26-19-13-18(16-7-5-4-6-8-16)14-20(27)23(19)22(21)17-9-11-25-12-10-17/h4-12,18,22,26H,3,13-14H2,1-2H3. The lowest BCUT2D eigenvalue weighted by molar-refractivity contribution is -0.138. The molecule has 2 aromatic rings. The Hall–Kier alpha value is -3.21. The number of allylic oxidation sites excluding steroid dienone is 3. The van der Waals surface area contributed by atoms with Gasteiger partial charge in [-0.05, 0) is 49.4 Å². The van der Waals surface area contributed by atoms with Crippen molar-refractivity contribution in [1.29, 1.82) is 0 Å². The van der Waals surface area contributed by atoms with Gasteiger partial charge in [-0.15, -0.1) is 0 Å². The van der Waals surface area contributed by atoms with E-state index in [2.05, 4.69) is 22.4 Å². The molecule has 0 fully saturated rings. The van der Waals surface area contributed by atoms with Gasteiger partial charge in [0.1, 0.15) is 0 Å². The minimum atomic E-state index is -0.433. The molecule has 0 spiro atoms. The first kappa shape index (κ1) is 19.1. The highest BCUT2D eigenvalue weighted by atomic mass is 16.5. The number of esters is 1. The molecule has 0 saturated carbocycles. The number of Topliss-reactive ketones (excluding diaryl/α,β-unsaturated/α-hetero) is 1. The second kappa shape index (κ2) is 8.03. The Bertz CT molecular complexity index is 993. The largest absolute Gasteiger partial charge is 0.463 e. The number of carbonyl (C=O) groups excluding carboxylic acids is 2. The van der Waals surface area contributed by atoms with Gasteiger partial charge in [-0.1, -0.05) is 30.3 Å². The van der Waals surface area contributed by atoms with E-state index in [0.29, 0.717) is 17.6 Å². The van der Waals surface area contributed by atoms with Crippen LogP contribution in [0.5, 0.6) is 0 Å². The first-order valence-electron chi connectivity index (χ1n) is 9.96. The molecule has 2 aliphatic rings. The van der Waals surface area contributed by atoms with Crippen LogP contribution in [0.4, 0.5) is 0 Å². The Balaban J connectivity index is 1.79. The maximum Gasteiger partial charge on any atom is 0.336 e. The van der Waals surface area contributed by atoms with Crippen molar-refractivity contribution < 1.29 is 14.3 Å². The lowest BCUT2D eigenvalue weighted by atomic mass is 9.72. The summed E-state index contributed by atoms with van der Waals surface area (Å²) in [5, 5.41) is 3.36. The highest BCUT2D eigenvalue weighted by Gasteiger charge is 2.41. The molecule has 0 amide bonds. The number of rotatable bonds is 4. The number of nitrogens with one attached hydrogen (secondary N) is 1. The van der Waals surface area contributed by atoms with Gasteiger partial charge in [-0.25, -0.2) is 4.79 Å². The van der Waals surface area contributed by atoms with E-state index < -0.39 is 5.92 Å². The number of ketones is 1. The summed E-state index contributed by atoms with van der Waals surface area (Å²) in [4.78, 5) is 30.2. The topological polar surface area (TPSA) is 68.3 Å². The van der Waals surface area contributed by atoms with Gasteiger partial charge >= 0.3 is 5.97 Å². The fourth-order valence-electron chi connectivity index (χ4n) is 4.37. The Morgan fingerprint density at radius 2 is 1.83 bits per heavy atom. The third-order valence-corrected chi connectivity index (χ3v) is 5.63. The second-order valence-electron chi connectivity index (χ2n) is 7.43. The smallest absolute Gasteiger partial charge is 0.336 e. The third-order valence-electron chi connectivity index (χ3n) is 5.63. The van der Waals surface area contributed by atoms with Crippen LogP contribution in [-0.2, 0) is 14.3 Å². The van der Waals surface area contributed by atoms with E-state index in [1.54, 1.807) is 19.3 Å². The Morgan fingerprint density at radius 3 is 2.52 bits per heavy atom. The number of hydrogen-bond acceptors (Lipinski definition) is 5. The van der Waals surface area contributed by atoms with Gasteiger partial charge in [0.2, 0.25) is 0 Å². The summed E-state index contributed by atoms with van der Waals surface area (Å²) < 4.78 is 5.32. The van der Waals surface area contributed by atoms with E-state index in [1.807, 2.05) is 37.3 Å². The molecule has 0 saturated heterocycles. The summed E-state index contributed by atoms with van der Waals surface area (Å²) in [6.45, 7) is 3.95. The molecule has 2 unspecified atom stereocenters. The van der Waals surface area contributed by atoms with Crippen LogP contribution in [0.3, 0.4) is 0 Å². The third kappa shape index (κ3) is 3.60. The predicted molar refractivity (Wildman–Crippen MR) is 110 cm³/mol. The molecular formula is C24H24N2O3. The summed E-state index contributed by atoms with van der Waals surface area (Å²) >= 11 is 0. The van der Waals surface area contributed by atoms with Crippen LogP contribution >= 0.6 is 0 Å². The maximum atomic E-state index is 13.3. The Morgan fingerprint density at radius 1 is 1.10 bits per heavy atom.